The molecule has 0 unspecified atom stereocenters. The van der Waals surface area contributed by atoms with Gasteiger partial charge in [0.25, 0.3) is 0 Å². The molecule has 156 valence electrons. The van der Waals surface area contributed by atoms with E-state index in [4.69, 9.17) is 17.5 Å². The quantitative estimate of drug-likeness (QED) is 0.207. The van der Waals surface area contributed by atoms with Gasteiger partial charge in [-0.3, -0.25) is 9.11 Å². The Kier molecular flexibility index (Phi) is 29.3. The van der Waals surface area contributed by atoms with Crippen molar-refractivity contribution in [3.05, 3.63) is 0 Å². The molecule has 0 rings (SSSR count). The molecule has 0 spiro atoms. The van der Waals surface area contributed by atoms with E-state index in [2.05, 4.69) is 41.5 Å². The molecule has 2 N–H and O–H groups in total. The van der Waals surface area contributed by atoms with Crippen LogP contribution in [0.5, 0.6) is 0 Å². The molecule has 0 aromatic carbocycles. The average molecular weight is 596 g/mol. The number of hydrogen-bond donors (Lipinski definition) is 2. The summed E-state index contributed by atoms with van der Waals surface area (Å²) in [6.45, 7) is 14.1. The number of rotatable bonds is 12. The van der Waals surface area contributed by atoms with E-state index in [1.54, 1.807) is 26.6 Å². The Balaban J connectivity index is -0.000000308. The van der Waals surface area contributed by atoms with Crippen molar-refractivity contribution in [3.63, 3.8) is 0 Å². The van der Waals surface area contributed by atoms with Crippen LogP contribution in [0.1, 0.15) is 80.1 Å². The fraction of sp³-hybridized carbons (Fsp3) is 1.00. The Morgan fingerprint density at radius 2 is 0.640 bits per heavy atom. The van der Waals surface area contributed by atoms with Crippen LogP contribution in [0, 0.1) is 0 Å². The molecule has 0 radical (unpaired) electrons. The van der Waals surface area contributed by atoms with Crippen molar-refractivity contribution < 1.29 is 17.5 Å². The normalized spacial score (nSPS) is 11.0. The van der Waals surface area contributed by atoms with Gasteiger partial charge in [-0.15, -0.1) is 0 Å². The monoisotopic (exact) mass is 598 g/mol. The maximum atomic E-state index is 8.74. The van der Waals surface area contributed by atoms with Gasteiger partial charge in [-0.1, -0.05) is 0 Å². The Morgan fingerprint density at radius 1 is 0.520 bits per heavy atom. The zero-order valence-corrected chi connectivity index (χ0v) is 25.2. The average Bonchev–Trinajstić information content (AvgIpc) is 2.48. The van der Waals surface area contributed by atoms with Crippen LogP contribution in [0.3, 0.4) is 0 Å². The maximum absolute atomic E-state index is 8.74. The third kappa shape index (κ3) is 37.0. The molecular formula is C18H46O4SSn2. The molecule has 0 saturated carbocycles. The molecule has 4 nitrogen and oxygen atoms in total. The third-order valence-electron chi connectivity index (χ3n) is 4.18. The Morgan fingerprint density at radius 3 is 0.720 bits per heavy atom. The van der Waals surface area contributed by atoms with E-state index >= 15 is 0 Å². The van der Waals surface area contributed by atoms with E-state index in [0.717, 1.165) is 0 Å². The summed E-state index contributed by atoms with van der Waals surface area (Å²) < 4.78 is 41.5. The van der Waals surface area contributed by atoms with Gasteiger partial charge in [-0.05, 0) is 0 Å². The largest absolute Gasteiger partial charge is 0.394 e. The molecule has 0 saturated heterocycles. The fourth-order valence-electron chi connectivity index (χ4n) is 3.32. The molecule has 0 aliphatic heterocycles. The molecule has 0 bridgehead atoms. The van der Waals surface area contributed by atoms with Crippen molar-refractivity contribution in [2.45, 2.75) is 107 Å². The predicted octanol–water partition coefficient (Wildman–Crippen LogP) is 6.23. The van der Waals surface area contributed by atoms with Gasteiger partial charge in [0.05, 0.1) is 0 Å². The topological polar surface area (TPSA) is 74.6 Å². The van der Waals surface area contributed by atoms with Crippen LogP contribution in [0.4, 0.5) is 0 Å². The van der Waals surface area contributed by atoms with Crippen LogP contribution >= 0.6 is 0 Å². The molecule has 0 aliphatic rings. The van der Waals surface area contributed by atoms with Crippen molar-refractivity contribution in [1.29, 1.82) is 0 Å². The molecule has 0 aromatic rings. The van der Waals surface area contributed by atoms with Gasteiger partial charge < -0.3 is 0 Å². The van der Waals surface area contributed by atoms with Crippen LogP contribution in [0.2, 0.25) is 26.6 Å². The van der Waals surface area contributed by atoms with Crippen molar-refractivity contribution >= 4 is 49.9 Å². The second-order valence-electron chi connectivity index (χ2n) is 6.91. The summed E-state index contributed by atoms with van der Waals surface area (Å²) in [4.78, 5) is 0. The van der Waals surface area contributed by atoms with Crippen molar-refractivity contribution in [2.75, 3.05) is 0 Å². The summed E-state index contributed by atoms with van der Waals surface area (Å²) in [5.41, 5.74) is 0. The van der Waals surface area contributed by atoms with E-state index in [0.29, 0.717) is 0 Å². The van der Waals surface area contributed by atoms with Crippen molar-refractivity contribution in [2.24, 2.45) is 0 Å². The SMILES string of the molecule is CC[CH2][SnH]([CH2]CC)[CH2]CC.CC[CH2][SnH]([CH2]CC)[CH2]CC.O=S(=O)(O)O. The molecular weight excluding hydrogens is 550 g/mol. The van der Waals surface area contributed by atoms with Gasteiger partial charge in [0.15, 0.2) is 0 Å². The molecule has 7 heteroatoms. The van der Waals surface area contributed by atoms with E-state index < -0.39 is 49.9 Å². The van der Waals surface area contributed by atoms with Crippen molar-refractivity contribution in [3.8, 4) is 0 Å². The first-order valence-corrected chi connectivity index (χ1v) is 25.8. The number of hydrogen-bond acceptors (Lipinski definition) is 2. The molecule has 0 amide bonds. The second kappa shape index (κ2) is 23.5. The standard InChI is InChI=1S/6C3H7.H2O4S.2Sn.2H/c6*1-3-2;1-5(2,3)4;;;;/h6*1,3H2,2H3;(H2,1,2,3,4);;;;. The summed E-state index contributed by atoms with van der Waals surface area (Å²) in [5.74, 6) is 0. The zero-order valence-electron chi connectivity index (χ0n) is 17.8. The van der Waals surface area contributed by atoms with Gasteiger partial charge in [-0.25, -0.2) is 0 Å². The Bertz CT molecular complexity index is 283. The summed E-state index contributed by atoms with van der Waals surface area (Å²) in [6.07, 6.45) is 8.75. The fourth-order valence-corrected chi connectivity index (χ4v) is 22.2. The van der Waals surface area contributed by atoms with Gasteiger partial charge in [-0.2, -0.15) is 8.42 Å². The van der Waals surface area contributed by atoms with Gasteiger partial charge >= 0.3 is 157 Å². The van der Waals surface area contributed by atoms with Crippen LogP contribution in [-0.2, 0) is 10.4 Å². The minimum atomic E-state index is -4.67. The summed E-state index contributed by atoms with van der Waals surface area (Å²) >= 11 is -1.76. The third-order valence-corrected chi connectivity index (χ3v) is 28.1. The Labute approximate surface area is 173 Å². The van der Waals surface area contributed by atoms with Crippen LogP contribution in [-0.4, -0.2) is 57.0 Å². The molecule has 0 heterocycles. The smallest absolute Gasteiger partial charge is 0.264 e. The zero-order chi connectivity index (χ0) is 20.1. The van der Waals surface area contributed by atoms with E-state index in [1.807, 2.05) is 0 Å². The predicted molar refractivity (Wildman–Crippen MR) is 119 cm³/mol. The Hall–Kier alpha value is 1.47. The van der Waals surface area contributed by atoms with Crippen LogP contribution in [0.25, 0.3) is 0 Å². The van der Waals surface area contributed by atoms with Gasteiger partial charge in [0.1, 0.15) is 0 Å². The van der Waals surface area contributed by atoms with Crippen molar-refractivity contribution in [1.82, 2.24) is 0 Å². The minimum absolute atomic E-state index is 0.880. The van der Waals surface area contributed by atoms with E-state index in [1.165, 1.54) is 38.5 Å². The first kappa shape index (κ1) is 31.2. The van der Waals surface area contributed by atoms with E-state index in [9.17, 15) is 0 Å². The molecule has 0 fully saturated rings. The van der Waals surface area contributed by atoms with Gasteiger partial charge in [0, 0.05) is 0 Å². The minimum Gasteiger partial charge on any atom is -0.264 e. The second-order valence-corrected chi connectivity index (χ2v) is 27.6. The molecule has 0 aliphatic carbocycles. The molecule has 0 aromatic heterocycles. The van der Waals surface area contributed by atoms with E-state index in [-0.39, 0.29) is 0 Å². The van der Waals surface area contributed by atoms with Gasteiger partial charge in [0.2, 0.25) is 0 Å². The molecule has 25 heavy (non-hydrogen) atoms. The summed E-state index contributed by atoms with van der Waals surface area (Å²) in [7, 11) is -4.67. The molecule has 0 atom stereocenters. The summed E-state index contributed by atoms with van der Waals surface area (Å²) in [6, 6.07) is 0. The first-order valence-electron chi connectivity index (χ1n) is 10.4. The first-order chi connectivity index (χ1) is 11.7. The summed E-state index contributed by atoms with van der Waals surface area (Å²) in [5, 5.41) is 0. The maximum Gasteiger partial charge on any atom is 0.394 e. The van der Waals surface area contributed by atoms with Crippen LogP contribution < -0.4 is 0 Å². The van der Waals surface area contributed by atoms with Crippen LogP contribution in [0.15, 0.2) is 0 Å².